The summed E-state index contributed by atoms with van der Waals surface area (Å²) in [6.07, 6.45) is -4.50. The van der Waals surface area contributed by atoms with Crippen molar-refractivity contribution in [2.45, 2.75) is 13.1 Å². The largest absolute Gasteiger partial charge is 0.411 e. The van der Waals surface area contributed by atoms with E-state index in [1.165, 1.54) is 0 Å². The van der Waals surface area contributed by atoms with Crippen molar-refractivity contribution in [1.29, 1.82) is 0 Å². The summed E-state index contributed by atoms with van der Waals surface area (Å²) in [4.78, 5) is 0. The molecule has 1 atom stereocenters. The molecule has 0 radical (unpaired) electrons. The van der Waals surface area contributed by atoms with Gasteiger partial charge in [0.1, 0.15) is 12.5 Å². The lowest BCUT2D eigenvalue weighted by Crippen LogP contribution is -2.26. The zero-order valence-electron chi connectivity index (χ0n) is 8.25. The number of rotatable bonds is 6. The van der Waals surface area contributed by atoms with Crippen LogP contribution < -0.4 is 5.73 Å². The van der Waals surface area contributed by atoms with Crippen molar-refractivity contribution in [2.24, 2.45) is 11.7 Å². The minimum absolute atomic E-state index is 0.165. The second kappa shape index (κ2) is 5.66. The molecule has 0 amide bonds. The summed E-state index contributed by atoms with van der Waals surface area (Å²) >= 11 is 0. The van der Waals surface area contributed by atoms with E-state index in [2.05, 4.69) is 4.74 Å². The second-order valence-electron chi connectivity index (χ2n) is 3.33. The standard InChI is InChI=1S/C7H14F3NO3S/c1-6(2-11)3-15(12,13)5-14-4-7(8,9)10/h6H,2-5,11H2,1H3. The third-order valence-electron chi connectivity index (χ3n) is 1.47. The summed E-state index contributed by atoms with van der Waals surface area (Å²) in [5.74, 6) is -1.47. The molecule has 8 heteroatoms. The third-order valence-corrected chi connectivity index (χ3v) is 3.07. The lowest BCUT2D eigenvalue weighted by molar-refractivity contribution is -0.169. The Kier molecular flexibility index (Phi) is 5.54. The quantitative estimate of drug-likeness (QED) is 0.745. The van der Waals surface area contributed by atoms with Gasteiger partial charge in [0.15, 0.2) is 9.84 Å². The molecule has 0 saturated heterocycles. The van der Waals surface area contributed by atoms with Crippen LogP contribution in [-0.4, -0.2) is 39.4 Å². The number of alkyl halides is 3. The van der Waals surface area contributed by atoms with E-state index >= 15 is 0 Å². The van der Waals surface area contributed by atoms with Gasteiger partial charge in [0.25, 0.3) is 0 Å². The van der Waals surface area contributed by atoms with E-state index in [0.29, 0.717) is 0 Å². The van der Waals surface area contributed by atoms with Crippen LogP contribution >= 0.6 is 0 Å². The summed E-state index contributed by atoms with van der Waals surface area (Å²) in [6.45, 7) is 0.211. The summed E-state index contributed by atoms with van der Waals surface area (Å²) in [7, 11) is -3.62. The van der Waals surface area contributed by atoms with Gasteiger partial charge < -0.3 is 10.5 Å². The smallest absolute Gasteiger partial charge is 0.356 e. The fourth-order valence-electron chi connectivity index (χ4n) is 0.834. The van der Waals surface area contributed by atoms with Crippen LogP contribution in [0.1, 0.15) is 6.92 Å². The summed E-state index contributed by atoms with van der Waals surface area (Å²) in [6, 6.07) is 0. The van der Waals surface area contributed by atoms with E-state index < -0.39 is 28.6 Å². The number of sulfone groups is 1. The zero-order valence-corrected chi connectivity index (χ0v) is 9.07. The van der Waals surface area contributed by atoms with Gasteiger partial charge in [0, 0.05) is 0 Å². The molecule has 0 aliphatic rings. The van der Waals surface area contributed by atoms with Crippen LogP contribution in [0.4, 0.5) is 13.2 Å². The van der Waals surface area contributed by atoms with Crippen LogP contribution in [0.5, 0.6) is 0 Å². The third kappa shape index (κ3) is 8.64. The molecule has 0 saturated carbocycles. The number of ether oxygens (including phenoxy) is 1. The predicted molar refractivity (Wildman–Crippen MR) is 48.9 cm³/mol. The highest BCUT2D eigenvalue weighted by atomic mass is 32.2. The van der Waals surface area contributed by atoms with Gasteiger partial charge in [-0.1, -0.05) is 6.92 Å². The van der Waals surface area contributed by atoms with Crippen molar-refractivity contribution in [3.05, 3.63) is 0 Å². The number of nitrogens with two attached hydrogens (primary N) is 1. The van der Waals surface area contributed by atoms with Gasteiger partial charge in [-0.2, -0.15) is 13.2 Å². The van der Waals surface area contributed by atoms with Crippen molar-refractivity contribution < 1.29 is 26.3 Å². The fraction of sp³-hybridized carbons (Fsp3) is 1.00. The highest BCUT2D eigenvalue weighted by Crippen LogP contribution is 2.14. The van der Waals surface area contributed by atoms with E-state index in [1.54, 1.807) is 6.92 Å². The highest BCUT2D eigenvalue weighted by Gasteiger charge is 2.28. The number of hydrogen-bond donors (Lipinski definition) is 1. The van der Waals surface area contributed by atoms with Crippen LogP contribution in [-0.2, 0) is 14.6 Å². The minimum Gasteiger partial charge on any atom is -0.356 e. The summed E-state index contributed by atoms with van der Waals surface area (Å²) in [5, 5.41) is 0. The normalized spacial score (nSPS) is 15.3. The van der Waals surface area contributed by atoms with E-state index in [9.17, 15) is 21.6 Å². The Morgan fingerprint density at radius 1 is 1.40 bits per heavy atom. The van der Waals surface area contributed by atoms with Gasteiger partial charge >= 0.3 is 6.18 Å². The lowest BCUT2D eigenvalue weighted by Gasteiger charge is -2.10. The molecule has 92 valence electrons. The van der Waals surface area contributed by atoms with Gasteiger partial charge in [0.2, 0.25) is 0 Å². The van der Waals surface area contributed by atoms with Crippen LogP contribution in [0.3, 0.4) is 0 Å². The first-order valence-corrected chi connectivity index (χ1v) is 6.03. The lowest BCUT2D eigenvalue weighted by atomic mass is 10.2. The van der Waals surface area contributed by atoms with Crippen LogP contribution in [0.25, 0.3) is 0 Å². The first-order valence-electron chi connectivity index (χ1n) is 4.21. The Morgan fingerprint density at radius 2 is 1.93 bits per heavy atom. The average molecular weight is 249 g/mol. The van der Waals surface area contributed by atoms with Crippen molar-refractivity contribution in [3.63, 3.8) is 0 Å². The van der Waals surface area contributed by atoms with Gasteiger partial charge in [-0.15, -0.1) is 0 Å². The molecule has 2 N–H and O–H groups in total. The molecule has 0 aromatic carbocycles. The van der Waals surface area contributed by atoms with Crippen molar-refractivity contribution in [3.8, 4) is 0 Å². The maximum absolute atomic E-state index is 11.6. The highest BCUT2D eigenvalue weighted by molar-refractivity contribution is 7.91. The van der Waals surface area contributed by atoms with Crippen molar-refractivity contribution in [1.82, 2.24) is 0 Å². The molecule has 1 unspecified atom stereocenters. The molecule has 4 nitrogen and oxygen atoms in total. The molecule has 0 aromatic rings. The van der Waals surface area contributed by atoms with Crippen LogP contribution in [0, 0.1) is 5.92 Å². The Morgan fingerprint density at radius 3 is 2.33 bits per heavy atom. The van der Waals surface area contributed by atoms with Crippen molar-refractivity contribution in [2.75, 3.05) is 24.8 Å². The Bertz CT molecular complexity index is 276. The SMILES string of the molecule is CC(CN)CS(=O)(=O)COCC(F)(F)F. The Labute approximate surface area is 86.5 Å². The Balaban J connectivity index is 3.96. The summed E-state index contributed by atoms with van der Waals surface area (Å²) in [5.41, 5.74) is 5.19. The molecule has 0 aromatic heterocycles. The van der Waals surface area contributed by atoms with Crippen molar-refractivity contribution >= 4 is 9.84 Å². The number of hydrogen-bond acceptors (Lipinski definition) is 4. The average Bonchev–Trinajstić information content (AvgIpc) is 2.00. The maximum atomic E-state index is 11.6. The van der Waals surface area contributed by atoms with Gasteiger partial charge in [-0.3, -0.25) is 0 Å². The maximum Gasteiger partial charge on any atom is 0.411 e. The van der Waals surface area contributed by atoms with E-state index in [4.69, 9.17) is 5.73 Å². The molecule has 0 spiro atoms. The molecule has 15 heavy (non-hydrogen) atoms. The molecule has 0 heterocycles. The molecular formula is C7H14F3NO3S. The topological polar surface area (TPSA) is 69.4 Å². The molecule has 0 rings (SSSR count). The first-order chi connectivity index (χ1) is 6.66. The molecular weight excluding hydrogens is 235 g/mol. The van der Waals surface area contributed by atoms with Gasteiger partial charge in [-0.25, -0.2) is 8.42 Å². The predicted octanol–water partition coefficient (Wildman–Crippen LogP) is 0.532. The molecule has 0 aliphatic carbocycles. The Hall–Kier alpha value is -0.340. The number of halogens is 3. The zero-order chi connectivity index (χ0) is 12.1. The van der Waals surface area contributed by atoms with E-state index in [1.807, 2.05) is 0 Å². The molecule has 0 aliphatic heterocycles. The van der Waals surface area contributed by atoms with Gasteiger partial charge in [0.05, 0.1) is 5.75 Å². The molecule has 0 bridgehead atoms. The fourth-order valence-corrected chi connectivity index (χ4v) is 2.27. The minimum atomic E-state index is -4.50. The van der Waals surface area contributed by atoms with E-state index in [-0.39, 0.29) is 18.2 Å². The monoisotopic (exact) mass is 249 g/mol. The van der Waals surface area contributed by atoms with Gasteiger partial charge in [-0.05, 0) is 12.5 Å². The molecule has 0 fully saturated rings. The van der Waals surface area contributed by atoms with E-state index in [0.717, 1.165) is 0 Å². The van der Waals surface area contributed by atoms with Crippen LogP contribution in [0.2, 0.25) is 0 Å². The second-order valence-corrected chi connectivity index (χ2v) is 5.39. The summed E-state index contributed by atoms with van der Waals surface area (Å²) < 4.78 is 61.2. The first kappa shape index (κ1) is 14.7. The van der Waals surface area contributed by atoms with Crippen LogP contribution in [0.15, 0.2) is 0 Å².